The molecule has 2 aromatic rings. The normalized spacial score (nSPS) is 15.3. The number of hydroxylamine groups is 1. The summed E-state index contributed by atoms with van der Waals surface area (Å²) in [6.07, 6.45) is -6.71. The van der Waals surface area contributed by atoms with Gasteiger partial charge in [-0.1, -0.05) is 17.7 Å². The van der Waals surface area contributed by atoms with Gasteiger partial charge in [0.05, 0.1) is 11.3 Å². The maximum Gasteiger partial charge on any atom is 0.430 e. The zero-order valence-electron chi connectivity index (χ0n) is 19.5. The first-order chi connectivity index (χ1) is 17.7. The van der Waals surface area contributed by atoms with E-state index in [1.165, 1.54) is 29.7 Å². The zero-order valence-corrected chi connectivity index (χ0v) is 21.0. The molecule has 0 spiro atoms. The molecule has 1 heterocycles. The molecule has 1 aliphatic rings. The molecular formula is C22H20ClF3N4O7S. The third-order valence-electron chi connectivity index (χ3n) is 5.42. The van der Waals surface area contributed by atoms with Crippen molar-refractivity contribution in [1.82, 2.24) is 14.7 Å². The Hall–Kier alpha value is -3.53. The van der Waals surface area contributed by atoms with Crippen LogP contribution in [0.15, 0.2) is 58.4 Å². The predicted molar refractivity (Wildman–Crippen MR) is 126 cm³/mol. The molecule has 0 fully saturated rings. The fourth-order valence-corrected chi connectivity index (χ4v) is 4.96. The Morgan fingerprint density at radius 3 is 2.42 bits per heavy atom. The van der Waals surface area contributed by atoms with Crippen LogP contribution in [-0.4, -0.2) is 72.2 Å². The van der Waals surface area contributed by atoms with Crippen LogP contribution in [0, 0.1) is 0 Å². The van der Waals surface area contributed by atoms with Crippen molar-refractivity contribution in [2.24, 2.45) is 4.99 Å². The van der Waals surface area contributed by atoms with Crippen molar-refractivity contribution in [2.45, 2.75) is 30.0 Å². The molecule has 0 radical (unpaired) electrons. The van der Waals surface area contributed by atoms with Gasteiger partial charge in [0.2, 0.25) is 15.9 Å². The van der Waals surface area contributed by atoms with E-state index in [9.17, 15) is 36.0 Å². The highest BCUT2D eigenvalue weighted by Gasteiger charge is 2.43. The van der Waals surface area contributed by atoms with Crippen molar-refractivity contribution in [3.05, 3.63) is 53.6 Å². The van der Waals surface area contributed by atoms with Crippen molar-refractivity contribution < 1.29 is 45.9 Å². The number of sulfonamides is 1. The van der Waals surface area contributed by atoms with Crippen LogP contribution < -0.4 is 10.2 Å². The fraction of sp³-hybridized carbons (Fsp3) is 0.273. The highest BCUT2D eigenvalue weighted by molar-refractivity contribution is 7.89. The first-order valence-electron chi connectivity index (χ1n) is 10.7. The van der Waals surface area contributed by atoms with E-state index in [0.717, 1.165) is 7.05 Å². The summed E-state index contributed by atoms with van der Waals surface area (Å²) in [6, 6.07) is 8.43. The van der Waals surface area contributed by atoms with Crippen LogP contribution in [0.25, 0.3) is 0 Å². The van der Waals surface area contributed by atoms with E-state index in [1.54, 1.807) is 24.3 Å². The number of carbonyl (C=O) groups excluding carboxylic acids is 3. The number of urea groups is 1. The lowest BCUT2D eigenvalue weighted by molar-refractivity contribution is -0.134. The van der Waals surface area contributed by atoms with Crippen molar-refractivity contribution in [3.63, 3.8) is 0 Å². The smallest absolute Gasteiger partial charge is 0.430 e. The quantitative estimate of drug-likeness (QED) is 0.344. The van der Waals surface area contributed by atoms with Crippen molar-refractivity contribution in [2.75, 3.05) is 13.6 Å². The number of carbonyl (C=O) groups is 3. The van der Waals surface area contributed by atoms with Crippen LogP contribution in [0.4, 0.5) is 18.0 Å². The molecule has 204 valence electrons. The number of aliphatic imine (C=N–C) groups is 1. The number of nitrogens with one attached hydrogen (secondary N) is 1. The number of benzene rings is 2. The Morgan fingerprint density at radius 1 is 1.21 bits per heavy atom. The third-order valence-corrected chi connectivity index (χ3v) is 7.53. The van der Waals surface area contributed by atoms with E-state index < -0.39 is 65.2 Å². The summed E-state index contributed by atoms with van der Waals surface area (Å²) in [4.78, 5) is 39.4. The molecule has 0 aromatic heterocycles. The van der Waals surface area contributed by atoms with Gasteiger partial charge in [-0.3, -0.25) is 19.7 Å². The summed E-state index contributed by atoms with van der Waals surface area (Å²) in [5.41, 5.74) is -0.252. The Labute approximate surface area is 219 Å². The number of likely N-dealkylation sites (N-methyl/N-ethyl adjacent to an activating group) is 1. The number of imide groups is 1. The molecule has 16 heteroatoms. The molecule has 2 aromatic carbocycles. The molecule has 2 N–H and O–H groups in total. The standard InChI is InChI=1S/C22H20ClF3N4O7S/c1-29(38(35,36)16-7-5-14(6-8-16)37-15-4-2-3-13(23)11-15)17(20(32)28-34)9-10-30-19(31)12-18(22(24,25)26)27-21(30)33/h2-8,11,17,34H,9-10,12H2,1H3,(H,28,32). The highest BCUT2D eigenvalue weighted by Crippen LogP contribution is 2.27. The van der Waals surface area contributed by atoms with E-state index in [-0.39, 0.29) is 10.6 Å². The molecule has 0 bridgehead atoms. The molecule has 3 rings (SSSR count). The molecule has 4 amide bonds. The number of hydrogen-bond acceptors (Lipinski definition) is 7. The van der Waals surface area contributed by atoms with Gasteiger partial charge in [0, 0.05) is 18.6 Å². The van der Waals surface area contributed by atoms with Crippen LogP contribution in [0.5, 0.6) is 11.5 Å². The summed E-state index contributed by atoms with van der Waals surface area (Å²) < 4.78 is 70.9. The second-order valence-corrected chi connectivity index (χ2v) is 10.3. The fourth-order valence-electron chi connectivity index (χ4n) is 3.43. The predicted octanol–water partition coefficient (Wildman–Crippen LogP) is 3.37. The summed E-state index contributed by atoms with van der Waals surface area (Å²) in [5, 5.41) is 9.54. The summed E-state index contributed by atoms with van der Waals surface area (Å²) in [5.74, 6) is -1.74. The molecule has 0 saturated heterocycles. The van der Waals surface area contributed by atoms with Crippen LogP contribution in [-0.2, 0) is 19.6 Å². The average molecular weight is 577 g/mol. The van der Waals surface area contributed by atoms with Gasteiger partial charge in [0.1, 0.15) is 23.3 Å². The van der Waals surface area contributed by atoms with Crippen LogP contribution in [0.1, 0.15) is 12.8 Å². The van der Waals surface area contributed by atoms with Crippen LogP contribution >= 0.6 is 11.6 Å². The minimum atomic E-state index is -4.97. The Bertz CT molecular complexity index is 1370. The Kier molecular flexibility index (Phi) is 8.76. The topological polar surface area (TPSA) is 146 Å². The lowest BCUT2D eigenvalue weighted by Gasteiger charge is -2.29. The lowest BCUT2D eigenvalue weighted by atomic mass is 10.1. The number of hydrogen-bond donors (Lipinski definition) is 2. The number of amides is 4. The van der Waals surface area contributed by atoms with Gasteiger partial charge in [-0.15, -0.1) is 0 Å². The summed E-state index contributed by atoms with van der Waals surface area (Å²) in [7, 11) is -3.36. The Balaban J connectivity index is 1.76. The largest absolute Gasteiger partial charge is 0.457 e. The molecule has 0 saturated carbocycles. The number of alkyl halides is 3. The highest BCUT2D eigenvalue weighted by atomic mass is 35.5. The number of ether oxygens (including phenoxy) is 1. The minimum Gasteiger partial charge on any atom is -0.457 e. The maximum atomic E-state index is 13.2. The minimum absolute atomic E-state index is 0.265. The van der Waals surface area contributed by atoms with Crippen LogP contribution in [0.2, 0.25) is 5.02 Å². The molecule has 11 nitrogen and oxygen atoms in total. The lowest BCUT2D eigenvalue weighted by Crippen LogP contribution is -2.50. The first kappa shape index (κ1) is 29.0. The van der Waals surface area contributed by atoms with E-state index in [4.69, 9.17) is 21.5 Å². The second-order valence-electron chi connectivity index (χ2n) is 7.89. The van der Waals surface area contributed by atoms with Gasteiger partial charge >= 0.3 is 12.2 Å². The summed E-state index contributed by atoms with van der Waals surface area (Å²) in [6.45, 7) is -0.642. The molecule has 38 heavy (non-hydrogen) atoms. The van der Waals surface area contributed by atoms with Crippen molar-refractivity contribution >= 4 is 45.2 Å². The maximum absolute atomic E-state index is 13.2. The number of rotatable bonds is 9. The van der Waals surface area contributed by atoms with E-state index >= 15 is 0 Å². The average Bonchev–Trinajstić information content (AvgIpc) is 2.84. The van der Waals surface area contributed by atoms with Crippen molar-refractivity contribution in [1.29, 1.82) is 0 Å². The number of halogens is 4. The first-order valence-corrected chi connectivity index (χ1v) is 12.5. The van der Waals surface area contributed by atoms with E-state index in [1.807, 2.05) is 0 Å². The molecule has 1 atom stereocenters. The van der Waals surface area contributed by atoms with Gasteiger partial charge in [0.25, 0.3) is 5.91 Å². The van der Waals surface area contributed by atoms with E-state index in [0.29, 0.717) is 20.0 Å². The van der Waals surface area contributed by atoms with Gasteiger partial charge in [-0.2, -0.15) is 22.5 Å². The van der Waals surface area contributed by atoms with Gasteiger partial charge in [0.15, 0.2) is 0 Å². The second kappa shape index (κ2) is 11.5. The van der Waals surface area contributed by atoms with Gasteiger partial charge < -0.3 is 4.74 Å². The molecule has 1 aliphatic heterocycles. The van der Waals surface area contributed by atoms with E-state index in [2.05, 4.69) is 4.99 Å². The van der Waals surface area contributed by atoms with Crippen LogP contribution in [0.3, 0.4) is 0 Å². The third kappa shape index (κ3) is 6.66. The van der Waals surface area contributed by atoms with Crippen molar-refractivity contribution in [3.8, 4) is 11.5 Å². The van der Waals surface area contributed by atoms with Gasteiger partial charge in [-0.05, 0) is 48.9 Å². The molecule has 1 unspecified atom stereocenters. The van der Waals surface area contributed by atoms with Gasteiger partial charge in [-0.25, -0.2) is 18.7 Å². The Morgan fingerprint density at radius 2 is 1.87 bits per heavy atom. The molecule has 0 aliphatic carbocycles. The SMILES string of the molecule is CN(C(CCN1C(=O)CC(C(F)(F)F)=NC1=O)C(=O)NO)S(=O)(=O)c1ccc(Oc2cccc(Cl)c2)cc1. The zero-order chi connectivity index (χ0) is 28.3. The molecular weight excluding hydrogens is 557 g/mol. The monoisotopic (exact) mass is 576 g/mol. The number of nitrogens with zero attached hydrogens (tertiary/aromatic N) is 3. The summed E-state index contributed by atoms with van der Waals surface area (Å²) >= 11 is 5.91.